The van der Waals surface area contributed by atoms with E-state index in [4.69, 9.17) is 5.21 Å². The Kier molecular flexibility index (Phi) is 10.9. The van der Waals surface area contributed by atoms with Gasteiger partial charge in [0.1, 0.15) is 0 Å². The highest BCUT2D eigenvalue weighted by molar-refractivity contribution is 7.92. The Hall–Kier alpha value is -1.60. The van der Waals surface area contributed by atoms with Crippen LogP contribution in [0.15, 0.2) is 30.3 Å². The largest absolute Gasteiger partial charge is 0.304 e. The summed E-state index contributed by atoms with van der Waals surface area (Å²) in [5.74, 6) is 6.16. The molecule has 0 radical (unpaired) electrons. The summed E-state index contributed by atoms with van der Waals surface area (Å²) in [4.78, 5) is 16.3. The van der Waals surface area contributed by atoms with E-state index in [-0.39, 0.29) is 31.2 Å². The molecule has 0 spiro atoms. The number of amides is 1. The highest BCUT2D eigenvalue weighted by atomic mass is 35.5. The zero-order chi connectivity index (χ0) is 22.6. The number of benzene rings is 1. The number of nitrogens with one attached hydrogen (secondary N) is 1. The second-order valence-electron chi connectivity index (χ2n) is 8.74. The number of halogens is 2. The first kappa shape index (κ1) is 29.4. The summed E-state index contributed by atoms with van der Waals surface area (Å²) in [6.07, 6.45) is 4.14. The lowest BCUT2D eigenvalue weighted by molar-refractivity contribution is -0.131. The van der Waals surface area contributed by atoms with E-state index in [1.807, 2.05) is 0 Å². The van der Waals surface area contributed by atoms with E-state index in [1.165, 1.54) is 23.5 Å². The molecule has 1 aromatic carbocycles. The zero-order valence-corrected chi connectivity index (χ0v) is 21.7. The summed E-state index contributed by atoms with van der Waals surface area (Å²) < 4.78 is 22.5. The van der Waals surface area contributed by atoms with Crippen LogP contribution in [0.25, 0.3) is 5.57 Å². The molecule has 1 unspecified atom stereocenters. The highest BCUT2D eigenvalue weighted by Gasteiger charge is 2.43. The Morgan fingerprint density at radius 3 is 2.36 bits per heavy atom. The van der Waals surface area contributed by atoms with Gasteiger partial charge >= 0.3 is 0 Å². The van der Waals surface area contributed by atoms with E-state index >= 15 is 0 Å². The standard InChI is InChI=1S/C23H31N3O4S.2ClH/c1-23(22(27)24-28,31(3,29)30)12-15-26-13-10-21(11-14-26)20-8-6-18(7-9-20)4-5-19-16-25(2)17-19;;/h6-10,19,28H,11-17H2,1-3H3,(H,24,27);2*1H. The Morgan fingerprint density at radius 2 is 1.88 bits per heavy atom. The molecule has 3 rings (SSSR count). The minimum atomic E-state index is -3.67. The Bertz CT molecular complexity index is 1010. The normalized spacial score (nSPS) is 18.8. The van der Waals surface area contributed by atoms with Crippen LogP contribution in [0, 0.1) is 17.8 Å². The number of carbonyl (C=O) groups is 1. The molecule has 10 heteroatoms. The van der Waals surface area contributed by atoms with Crippen LogP contribution in [0.1, 0.15) is 30.9 Å². The number of hydrogen-bond acceptors (Lipinski definition) is 6. The van der Waals surface area contributed by atoms with Gasteiger partial charge in [0, 0.05) is 50.5 Å². The van der Waals surface area contributed by atoms with Crippen LogP contribution in [0.5, 0.6) is 0 Å². The molecule has 2 heterocycles. The van der Waals surface area contributed by atoms with Crippen molar-refractivity contribution in [2.45, 2.75) is 24.5 Å². The van der Waals surface area contributed by atoms with Crippen LogP contribution >= 0.6 is 24.8 Å². The van der Waals surface area contributed by atoms with Crippen LogP contribution < -0.4 is 5.48 Å². The van der Waals surface area contributed by atoms with Gasteiger partial charge in [0.2, 0.25) is 0 Å². The molecule has 0 saturated carbocycles. The van der Waals surface area contributed by atoms with E-state index in [0.29, 0.717) is 19.0 Å². The number of hydroxylamine groups is 1. The molecule has 1 amide bonds. The first-order valence-corrected chi connectivity index (χ1v) is 12.4. The van der Waals surface area contributed by atoms with Crippen molar-refractivity contribution in [2.24, 2.45) is 5.92 Å². The zero-order valence-electron chi connectivity index (χ0n) is 19.2. The lowest BCUT2D eigenvalue weighted by atomic mass is 9.97. The summed E-state index contributed by atoms with van der Waals surface area (Å²) in [6.45, 7) is 5.36. The van der Waals surface area contributed by atoms with Gasteiger partial charge in [0.05, 0.1) is 0 Å². The quantitative estimate of drug-likeness (QED) is 0.341. The van der Waals surface area contributed by atoms with Crippen molar-refractivity contribution in [3.8, 4) is 11.8 Å². The SMILES string of the molecule is CN1CC(C#Cc2ccc(C3=CCN(CCC(C)(C(=O)NO)S(C)(=O)=O)CC3)cc2)C1.Cl.Cl. The lowest BCUT2D eigenvalue weighted by Crippen LogP contribution is -2.51. The smallest absolute Gasteiger partial charge is 0.264 e. The second kappa shape index (κ2) is 12.2. The Labute approximate surface area is 209 Å². The third-order valence-corrected chi connectivity index (χ3v) is 8.37. The number of rotatable bonds is 6. The van der Waals surface area contributed by atoms with Gasteiger partial charge in [-0.2, -0.15) is 0 Å². The second-order valence-corrected chi connectivity index (χ2v) is 11.2. The van der Waals surface area contributed by atoms with Crippen molar-refractivity contribution in [1.29, 1.82) is 0 Å². The number of hydrogen-bond donors (Lipinski definition) is 2. The summed E-state index contributed by atoms with van der Waals surface area (Å²) in [6, 6.07) is 8.32. The number of sulfone groups is 1. The van der Waals surface area contributed by atoms with Crippen LogP contribution in [0.2, 0.25) is 0 Å². The van der Waals surface area contributed by atoms with Gasteiger partial charge < -0.3 is 4.90 Å². The van der Waals surface area contributed by atoms with Crippen molar-refractivity contribution < 1.29 is 18.4 Å². The van der Waals surface area contributed by atoms with Crippen molar-refractivity contribution in [3.63, 3.8) is 0 Å². The molecule has 2 aliphatic heterocycles. The summed E-state index contributed by atoms with van der Waals surface area (Å²) in [7, 11) is -1.57. The number of nitrogens with zero attached hydrogens (tertiary/aromatic N) is 2. The summed E-state index contributed by atoms with van der Waals surface area (Å²) in [5, 5.41) is 8.94. The maximum absolute atomic E-state index is 12.1. The minimum absolute atomic E-state index is 0. The maximum atomic E-state index is 12.1. The number of carbonyl (C=O) groups excluding carboxylic acids is 1. The van der Waals surface area contributed by atoms with Gasteiger partial charge in [0.25, 0.3) is 5.91 Å². The monoisotopic (exact) mass is 517 g/mol. The average Bonchev–Trinajstić information content (AvgIpc) is 2.73. The summed E-state index contributed by atoms with van der Waals surface area (Å²) >= 11 is 0. The first-order valence-electron chi connectivity index (χ1n) is 10.5. The van der Waals surface area contributed by atoms with E-state index in [2.05, 4.69) is 59.0 Å². The predicted molar refractivity (Wildman–Crippen MR) is 136 cm³/mol. The third kappa shape index (κ3) is 7.19. The van der Waals surface area contributed by atoms with Crippen molar-refractivity contribution >= 4 is 46.1 Å². The van der Waals surface area contributed by atoms with Crippen molar-refractivity contribution in [1.82, 2.24) is 15.3 Å². The molecule has 1 aromatic rings. The van der Waals surface area contributed by atoms with Crippen molar-refractivity contribution in [3.05, 3.63) is 41.5 Å². The lowest BCUT2D eigenvalue weighted by Gasteiger charge is -2.32. The molecule has 1 atom stereocenters. The van der Waals surface area contributed by atoms with Gasteiger partial charge in [-0.05, 0) is 50.1 Å². The fourth-order valence-corrected chi connectivity index (χ4v) is 4.72. The minimum Gasteiger partial charge on any atom is -0.304 e. The third-order valence-electron chi connectivity index (χ3n) is 6.34. The van der Waals surface area contributed by atoms with E-state index < -0.39 is 20.5 Å². The Morgan fingerprint density at radius 1 is 1.24 bits per heavy atom. The van der Waals surface area contributed by atoms with Gasteiger partial charge in [-0.1, -0.05) is 30.0 Å². The van der Waals surface area contributed by atoms with E-state index in [9.17, 15) is 13.2 Å². The van der Waals surface area contributed by atoms with Gasteiger partial charge in [-0.15, -0.1) is 24.8 Å². The maximum Gasteiger partial charge on any atom is 0.264 e. The van der Waals surface area contributed by atoms with Gasteiger partial charge in [-0.3, -0.25) is 14.9 Å². The molecule has 1 fully saturated rings. The fourth-order valence-electron chi connectivity index (χ4n) is 3.88. The summed E-state index contributed by atoms with van der Waals surface area (Å²) in [5.41, 5.74) is 4.96. The van der Waals surface area contributed by atoms with Crippen LogP contribution in [0.4, 0.5) is 0 Å². The predicted octanol–water partition coefficient (Wildman–Crippen LogP) is 2.23. The Balaban J connectivity index is 0.00000272. The molecular weight excluding hydrogens is 485 g/mol. The van der Waals surface area contributed by atoms with Crippen LogP contribution in [-0.2, 0) is 14.6 Å². The molecule has 0 aliphatic carbocycles. The molecule has 2 aliphatic rings. The van der Waals surface area contributed by atoms with Crippen LogP contribution in [-0.4, -0.2) is 80.1 Å². The molecule has 2 N–H and O–H groups in total. The van der Waals surface area contributed by atoms with Crippen molar-refractivity contribution in [2.75, 3.05) is 46.0 Å². The topological polar surface area (TPSA) is 89.9 Å². The molecule has 0 bridgehead atoms. The average molecular weight is 519 g/mol. The number of likely N-dealkylation sites (tertiary alicyclic amines) is 1. The van der Waals surface area contributed by atoms with E-state index in [0.717, 1.165) is 37.9 Å². The first-order chi connectivity index (χ1) is 14.6. The molecule has 1 saturated heterocycles. The molecule has 0 aromatic heterocycles. The highest BCUT2D eigenvalue weighted by Crippen LogP contribution is 2.25. The molecular formula is C23H33Cl2N3O4S. The van der Waals surface area contributed by atoms with Crippen LogP contribution in [0.3, 0.4) is 0 Å². The van der Waals surface area contributed by atoms with E-state index in [1.54, 1.807) is 0 Å². The van der Waals surface area contributed by atoms with Gasteiger partial charge in [-0.25, -0.2) is 13.9 Å². The molecule has 184 valence electrons. The molecule has 33 heavy (non-hydrogen) atoms. The fraction of sp³-hybridized carbons (Fsp3) is 0.522. The van der Waals surface area contributed by atoms with Gasteiger partial charge in [0.15, 0.2) is 14.6 Å². The molecule has 7 nitrogen and oxygen atoms in total.